The molecule has 8 heteroatoms. The van der Waals surface area contributed by atoms with Gasteiger partial charge in [0.15, 0.2) is 0 Å². The summed E-state index contributed by atoms with van der Waals surface area (Å²) < 4.78 is 8.88. The van der Waals surface area contributed by atoms with Gasteiger partial charge < -0.3 is 14.7 Å². The van der Waals surface area contributed by atoms with Gasteiger partial charge in [0.1, 0.15) is 0 Å². The minimum absolute atomic E-state index is 0. The molecule has 0 rings (SSSR count). The Kier molecular flexibility index (Phi) is 33.7. The van der Waals surface area contributed by atoms with Crippen molar-refractivity contribution in [3.63, 3.8) is 0 Å². The zero-order chi connectivity index (χ0) is 4.50. The summed E-state index contributed by atoms with van der Waals surface area (Å²) in [6.07, 6.45) is 0. The average Bonchev–Trinajstić information content (AvgIpc) is 0.722. The van der Waals surface area contributed by atoms with Crippen LogP contribution in [0.25, 0.3) is 0 Å². The first-order chi connectivity index (χ1) is 2.00. The smallest absolute Gasteiger partial charge is 0.303 e. The fourth-order valence-electron chi connectivity index (χ4n) is 0. The molecule has 0 saturated carbocycles. The predicted octanol–water partition coefficient (Wildman–Crippen LogP) is -7.30. The van der Waals surface area contributed by atoms with E-state index in [9.17, 15) is 0 Å². The van der Waals surface area contributed by atoms with Crippen LogP contribution in [0.4, 0.5) is 0 Å². The van der Waals surface area contributed by atoms with Crippen LogP contribution in [-0.2, 0) is 4.57 Å². The molecule has 0 spiro atoms. The Labute approximate surface area is 171 Å². The third kappa shape index (κ3) is 45.4. The first kappa shape index (κ1) is 23.0. The standard InChI is InChI=1S/Cs.Mg.H3O4P.Rb/c;;1-5(2,3)4;/h;;(H3,1,2,3,4);/q+1;+2;;+1. The molecule has 0 amide bonds. The number of phosphoric acid groups is 1. The molecule has 0 saturated heterocycles. The van der Waals surface area contributed by atoms with Gasteiger partial charge in [-0.2, -0.15) is 0 Å². The maximum absolute atomic E-state index is 8.88. The van der Waals surface area contributed by atoms with Gasteiger partial charge in [-0.15, -0.1) is 0 Å². The minimum Gasteiger partial charge on any atom is -0.303 e. The van der Waals surface area contributed by atoms with Gasteiger partial charge >= 0.3 is 158 Å². The van der Waals surface area contributed by atoms with E-state index >= 15 is 0 Å². The summed E-state index contributed by atoms with van der Waals surface area (Å²) in [4.78, 5) is 21.6. The second-order valence-electron chi connectivity index (χ2n) is 0.513. The maximum atomic E-state index is 8.88. The molecule has 3 N–H and O–H groups in total. The van der Waals surface area contributed by atoms with Crippen molar-refractivity contribution < 1.29 is 146 Å². The van der Waals surface area contributed by atoms with Crippen LogP contribution in [0.3, 0.4) is 0 Å². The molecule has 0 aliphatic heterocycles. The van der Waals surface area contributed by atoms with Crippen molar-refractivity contribution in [2.24, 2.45) is 0 Å². The monoisotopic (exact) mass is 340 g/mol. The summed E-state index contributed by atoms with van der Waals surface area (Å²) in [6.45, 7) is 0. The van der Waals surface area contributed by atoms with Crippen LogP contribution < -0.4 is 127 Å². The van der Waals surface area contributed by atoms with Gasteiger partial charge in [-0.25, -0.2) is 4.57 Å². The predicted molar refractivity (Wildman–Crippen MR) is 20.0 cm³/mol. The van der Waals surface area contributed by atoms with Crippen LogP contribution in [-0.4, -0.2) is 37.7 Å². The van der Waals surface area contributed by atoms with Crippen LogP contribution >= 0.6 is 7.82 Å². The fraction of sp³-hybridized carbons (Fsp3) is 0. The molecule has 0 bridgehead atoms. The summed E-state index contributed by atoms with van der Waals surface area (Å²) in [5.41, 5.74) is 0. The molecule has 0 heterocycles. The van der Waals surface area contributed by atoms with E-state index < -0.39 is 7.82 Å². The molecule has 8 heavy (non-hydrogen) atoms. The van der Waals surface area contributed by atoms with E-state index in [1.54, 1.807) is 0 Å². The molecule has 0 aromatic carbocycles. The van der Waals surface area contributed by atoms with Gasteiger partial charge in [0, 0.05) is 0 Å². The normalized spacial score (nSPS) is 7.38. The van der Waals surface area contributed by atoms with Crippen molar-refractivity contribution in [2.75, 3.05) is 0 Å². The van der Waals surface area contributed by atoms with Crippen LogP contribution in [0.2, 0.25) is 0 Å². The van der Waals surface area contributed by atoms with Crippen molar-refractivity contribution in [1.29, 1.82) is 0 Å². The molecule has 0 aliphatic rings. The van der Waals surface area contributed by atoms with Crippen molar-refractivity contribution in [2.45, 2.75) is 0 Å². The molecule has 0 atom stereocenters. The van der Waals surface area contributed by atoms with Crippen LogP contribution in [0, 0.1) is 0 Å². The van der Waals surface area contributed by atoms with E-state index in [0.717, 1.165) is 0 Å². The van der Waals surface area contributed by atoms with Crippen LogP contribution in [0.1, 0.15) is 0 Å². The Balaban J connectivity index is -0.0000000267. The first-order valence-electron chi connectivity index (χ1n) is 0.783. The SMILES string of the molecule is O=P(O)(O)O.[Cs+].[Mg+2].[Rb+]. The Morgan fingerprint density at radius 1 is 1.12 bits per heavy atom. The Hall–Kier alpha value is 4.73. The quantitative estimate of drug-likeness (QED) is 0.302. The Morgan fingerprint density at radius 3 is 1.12 bits per heavy atom. The van der Waals surface area contributed by atoms with E-state index in [1.165, 1.54) is 0 Å². The van der Waals surface area contributed by atoms with Gasteiger partial charge in [0.25, 0.3) is 0 Å². The molecule has 0 radical (unpaired) electrons. The first-order valence-corrected chi connectivity index (χ1v) is 2.35. The summed E-state index contributed by atoms with van der Waals surface area (Å²) in [7, 11) is -4.64. The average molecular weight is 341 g/mol. The third-order valence-electron chi connectivity index (χ3n) is 0. The van der Waals surface area contributed by atoms with Crippen molar-refractivity contribution >= 4 is 30.9 Å². The maximum Gasteiger partial charge on any atom is 2.00 e. The molecule has 0 aromatic rings. The van der Waals surface area contributed by atoms with Gasteiger partial charge in [-0.1, -0.05) is 0 Å². The number of hydrogen-bond donors (Lipinski definition) is 3. The second kappa shape index (κ2) is 11.7. The summed E-state index contributed by atoms with van der Waals surface area (Å²) in [5, 5.41) is 0. The van der Waals surface area contributed by atoms with Crippen LogP contribution in [0.15, 0.2) is 0 Å². The molecule has 4 nitrogen and oxygen atoms in total. The topological polar surface area (TPSA) is 77.8 Å². The van der Waals surface area contributed by atoms with E-state index in [0.29, 0.717) is 0 Å². The molecule has 0 unspecified atom stereocenters. The molecule has 32 valence electrons. The molecular weight excluding hydrogens is 338 g/mol. The summed E-state index contributed by atoms with van der Waals surface area (Å²) in [5.74, 6) is 0. The molecule has 0 fully saturated rings. The van der Waals surface area contributed by atoms with Crippen molar-refractivity contribution in [1.82, 2.24) is 0 Å². The summed E-state index contributed by atoms with van der Waals surface area (Å²) >= 11 is 0. The van der Waals surface area contributed by atoms with Gasteiger partial charge in [0.05, 0.1) is 0 Å². The van der Waals surface area contributed by atoms with Gasteiger partial charge in [-0.3, -0.25) is 0 Å². The van der Waals surface area contributed by atoms with Crippen molar-refractivity contribution in [3.05, 3.63) is 0 Å². The fourth-order valence-corrected chi connectivity index (χ4v) is 0. The second-order valence-corrected chi connectivity index (χ2v) is 1.54. The van der Waals surface area contributed by atoms with E-state index in [4.69, 9.17) is 19.2 Å². The number of hydrogen-bond acceptors (Lipinski definition) is 1. The Morgan fingerprint density at radius 2 is 1.12 bits per heavy atom. The zero-order valence-corrected chi connectivity index (χ0v) is 18.4. The molecule has 0 aliphatic carbocycles. The third-order valence-corrected chi connectivity index (χ3v) is 0. The van der Waals surface area contributed by atoms with Crippen LogP contribution in [0.5, 0.6) is 0 Å². The van der Waals surface area contributed by atoms with E-state index in [1.807, 2.05) is 0 Å². The largest absolute Gasteiger partial charge is 2.00 e. The minimum atomic E-state index is -4.64. The van der Waals surface area contributed by atoms with Gasteiger partial charge in [-0.05, 0) is 0 Å². The Bertz CT molecular complexity index is 62.2. The van der Waals surface area contributed by atoms with Crippen molar-refractivity contribution in [3.8, 4) is 0 Å². The summed E-state index contributed by atoms with van der Waals surface area (Å²) in [6, 6.07) is 0. The molecule has 0 aromatic heterocycles. The van der Waals surface area contributed by atoms with E-state index in [2.05, 4.69) is 0 Å². The van der Waals surface area contributed by atoms with E-state index in [-0.39, 0.29) is 150 Å². The molecular formula is H3CsMgO4PRb+4. The zero-order valence-electron chi connectivity index (χ0n) is 4.90. The number of rotatable bonds is 0. The van der Waals surface area contributed by atoms with Gasteiger partial charge in [0.2, 0.25) is 0 Å².